The normalized spacial score (nSPS) is 9.44. The van der Waals surface area contributed by atoms with Crippen molar-refractivity contribution in [2.24, 2.45) is 0 Å². The first kappa shape index (κ1) is 12.3. The summed E-state index contributed by atoms with van der Waals surface area (Å²) < 4.78 is 9.92. The van der Waals surface area contributed by atoms with Crippen LogP contribution in [0.5, 0.6) is 5.75 Å². The van der Waals surface area contributed by atoms with Crippen molar-refractivity contribution < 1.29 is 9.15 Å². The Kier molecular flexibility index (Phi) is 3.71. The molecule has 0 unspecified atom stereocenters. The number of hydrogen-bond donors (Lipinski definition) is 0. The lowest BCUT2D eigenvalue weighted by atomic mass is 10.2. The van der Waals surface area contributed by atoms with Gasteiger partial charge in [-0.25, -0.2) is 4.79 Å². The van der Waals surface area contributed by atoms with Gasteiger partial charge in [-0.2, -0.15) is 0 Å². The minimum Gasteiger partial charge on any atom is -0.497 e. The van der Waals surface area contributed by atoms with Gasteiger partial charge in [0.15, 0.2) is 5.76 Å². The molecule has 1 heterocycles. The molecule has 0 aliphatic rings. The minimum absolute atomic E-state index is 0.239. The van der Waals surface area contributed by atoms with Gasteiger partial charge >= 0.3 is 5.63 Å². The fourth-order valence-corrected chi connectivity index (χ4v) is 1.50. The first-order chi connectivity index (χ1) is 8.67. The summed E-state index contributed by atoms with van der Waals surface area (Å²) >= 11 is 5.73. The third-order valence-electron chi connectivity index (χ3n) is 2.16. The molecule has 0 fully saturated rings. The monoisotopic (exact) mass is 260 g/mol. The van der Waals surface area contributed by atoms with Crippen LogP contribution in [-0.4, -0.2) is 7.11 Å². The van der Waals surface area contributed by atoms with Gasteiger partial charge in [-0.05, 0) is 30.2 Å². The van der Waals surface area contributed by atoms with Crippen LogP contribution in [0.1, 0.15) is 11.3 Å². The molecule has 0 saturated heterocycles. The van der Waals surface area contributed by atoms with Crippen LogP contribution in [0, 0.1) is 11.8 Å². The van der Waals surface area contributed by atoms with Crippen molar-refractivity contribution in [3.05, 3.63) is 63.2 Å². The number of rotatable bonds is 1. The largest absolute Gasteiger partial charge is 0.497 e. The second kappa shape index (κ2) is 5.44. The summed E-state index contributed by atoms with van der Waals surface area (Å²) in [5.74, 6) is 6.61. The SMILES string of the molecule is COc1ccc(C#Cc2cc(Cl)cc(=O)o2)cc1. The van der Waals surface area contributed by atoms with Crippen LogP contribution in [0.4, 0.5) is 0 Å². The highest BCUT2D eigenvalue weighted by Gasteiger charge is 1.96. The number of hydrogen-bond acceptors (Lipinski definition) is 3. The Morgan fingerprint density at radius 2 is 1.89 bits per heavy atom. The van der Waals surface area contributed by atoms with E-state index in [-0.39, 0.29) is 5.76 Å². The first-order valence-electron chi connectivity index (χ1n) is 5.14. The van der Waals surface area contributed by atoms with Gasteiger partial charge in [-0.15, -0.1) is 0 Å². The van der Waals surface area contributed by atoms with E-state index < -0.39 is 5.63 Å². The zero-order valence-electron chi connectivity index (χ0n) is 9.57. The first-order valence-corrected chi connectivity index (χ1v) is 5.52. The van der Waals surface area contributed by atoms with Crippen LogP contribution >= 0.6 is 11.6 Å². The number of benzene rings is 1. The van der Waals surface area contributed by atoms with Crippen LogP contribution in [0.25, 0.3) is 0 Å². The van der Waals surface area contributed by atoms with E-state index in [4.69, 9.17) is 20.8 Å². The van der Waals surface area contributed by atoms with Gasteiger partial charge in [0.05, 0.1) is 12.1 Å². The van der Waals surface area contributed by atoms with Crippen molar-refractivity contribution in [1.82, 2.24) is 0 Å². The van der Waals surface area contributed by atoms with Crippen molar-refractivity contribution in [3.8, 4) is 17.6 Å². The summed E-state index contributed by atoms with van der Waals surface area (Å²) in [5.41, 5.74) is 0.278. The maximum Gasteiger partial charge on any atom is 0.338 e. The molecule has 0 radical (unpaired) electrons. The minimum atomic E-state index is -0.512. The van der Waals surface area contributed by atoms with Gasteiger partial charge in [-0.3, -0.25) is 0 Å². The second-order valence-electron chi connectivity index (χ2n) is 3.44. The highest BCUT2D eigenvalue weighted by atomic mass is 35.5. The van der Waals surface area contributed by atoms with Gasteiger partial charge in [0.2, 0.25) is 0 Å². The molecule has 0 atom stereocenters. The number of halogens is 1. The molecule has 2 aromatic rings. The third-order valence-corrected chi connectivity index (χ3v) is 2.37. The summed E-state index contributed by atoms with van der Waals surface area (Å²) in [6.07, 6.45) is 0. The summed E-state index contributed by atoms with van der Waals surface area (Å²) in [4.78, 5) is 11.1. The van der Waals surface area contributed by atoms with E-state index in [1.54, 1.807) is 19.2 Å². The van der Waals surface area contributed by atoms with Gasteiger partial charge in [-0.1, -0.05) is 17.5 Å². The standard InChI is InChI=1S/C14H9ClO3/c1-17-12-5-2-10(3-6-12)4-7-13-8-11(15)9-14(16)18-13/h2-3,5-6,8-9H,1H3. The zero-order valence-corrected chi connectivity index (χ0v) is 10.3. The van der Waals surface area contributed by atoms with Crippen LogP contribution < -0.4 is 10.4 Å². The maximum absolute atomic E-state index is 11.1. The smallest absolute Gasteiger partial charge is 0.338 e. The van der Waals surface area contributed by atoms with Crippen molar-refractivity contribution in [2.45, 2.75) is 0 Å². The molecule has 3 nitrogen and oxygen atoms in total. The molecule has 1 aromatic heterocycles. The average Bonchev–Trinajstić information content (AvgIpc) is 2.36. The van der Waals surface area contributed by atoms with Gasteiger partial charge < -0.3 is 9.15 Å². The fraction of sp³-hybridized carbons (Fsp3) is 0.0714. The second-order valence-corrected chi connectivity index (χ2v) is 3.87. The fourth-order valence-electron chi connectivity index (χ4n) is 1.32. The summed E-state index contributed by atoms with van der Waals surface area (Å²) in [7, 11) is 1.60. The van der Waals surface area contributed by atoms with E-state index in [1.807, 2.05) is 12.1 Å². The Bertz CT molecular complexity index is 660. The van der Waals surface area contributed by atoms with Gasteiger partial charge in [0.1, 0.15) is 5.75 Å². The molecule has 0 spiro atoms. The van der Waals surface area contributed by atoms with E-state index in [9.17, 15) is 4.79 Å². The number of methoxy groups -OCH3 is 1. The highest BCUT2D eigenvalue weighted by molar-refractivity contribution is 6.30. The summed E-state index contributed by atoms with van der Waals surface area (Å²) in [6, 6.07) is 9.93. The highest BCUT2D eigenvalue weighted by Crippen LogP contribution is 2.11. The number of ether oxygens (including phenoxy) is 1. The Hall–Kier alpha value is -2.18. The van der Waals surface area contributed by atoms with E-state index in [2.05, 4.69) is 11.8 Å². The zero-order chi connectivity index (χ0) is 13.0. The predicted octanol–water partition coefficient (Wildman–Crippen LogP) is 2.70. The Balaban J connectivity index is 2.27. The molecule has 0 N–H and O–H groups in total. The average molecular weight is 261 g/mol. The predicted molar refractivity (Wildman–Crippen MR) is 69.0 cm³/mol. The summed E-state index contributed by atoms with van der Waals surface area (Å²) in [5, 5.41) is 0.310. The molecule has 0 amide bonds. The van der Waals surface area contributed by atoms with Crippen molar-refractivity contribution in [2.75, 3.05) is 7.11 Å². The van der Waals surface area contributed by atoms with Crippen LogP contribution in [0.2, 0.25) is 5.02 Å². The molecular weight excluding hydrogens is 252 g/mol. The van der Waals surface area contributed by atoms with Crippen molar-refractivity contribution >= 4 is 11.6 Å². The summed E-state index contributed by atoms with van der Waals surface area (Å²) in [6.45, 7) is 0. The molecule has 0 aliphatic heterocycles. The quantitative estimate of drug-likeness (QED) is 0.740. The Morgan fingerprint density at radius 1 is 1.17 bits per heavy atom. The maximum atomic E-state index is 11.1. The third kappa shape index (κ3) is 3.16. The topological polar surface area (TPSA) is 39.4 Å². The van der Waals surface area contributed by atoms with E-state index in [0.29, 0.717) is 5.02 Å². The molecule has 4 heteroatoms. The van der Waals surface area contributed by atoms with E-state index in [0.717, 1.165) is 11.3 Å². The van der Waals surface area contributed by atoms with Crippen molar-refractivity contribution in [3.63, 3.8) is 0 Å². The van der Waals surface area contributed by atoms with Crippen LogP contribution in [0.15, 0.2) is 45.6 Å². The molecule has 0 saturated carbocycles. The lowest BCUT2D eigenvalue weighted by Crippen LogP contribution is -1.96. The van der Waals surface area contributed by atoms with E-state index >= 15 is 0 Å². The van der Waals surface area contributed by atoms with Gasteiger partial charge in [0.25, 0.3) is 0 Å². The lowest BCUT2D eigenvalue weighted by molar-refractivity contribution is 0.415. The molecule has 18 heavy (non-hydrogen) atoms. The van der Waals surface area contributed by atoms with Crippen LogP contribution in [-0.2, 0) is 0 Å². The van der Waals surface area contributed by atoms with Crippen LogP contribution in [0.3, 0.4) is 0 Å². The lowest BCUT2D eigenvalue weighted by Gasteiger charge is -1.97. The molecule has 0 bridgehead atoms. The Morgan fingerprint density at radius 3 is 2.50 bits per heavy atom. The molecule has 90 valence electrons. The molecule has 2 rings (SSSR count). The molecule has 0 aliphatic carbocycles. The van der Waals surface area contributed by atoms with E-state index in [1.165, 1.54) is 12.1 Å². The molecule has 1 aromatic carbocycles. The van der Waals surface area contributed by atoms with Gasteiger partial charge in [0, 0.05) is 17.7 Å². The Labute approximate surface area is 109 Å². The molecular formula is C14H9ClO3. The van der Waals surface area contributed by atoms with Crippen molar-refractivity contribution in [1.29, 1.82) is 0 Å².